The minimum Gasteiger partial charge on any atom is -0.369 e. The number of nitrogens with one attached hydrogen (secondary N) is 1. The quantitative estimate of drug-likeness (QED) is 0.862. The van der Waals surface area contributed by atoms with Gasteiger partial charge in [-0.2, -0.15) is 13.2 Å². The molecule has 1 N–H and O–H groups in total. The second-order valence-corrected chi connectivity index (χ2v) is 5.98. The van der Waals surface area contributed by atoms with Crippen LogP contribution in [-0.4, -0.2) is 48.8 Å². The first-order chi connectivity index (χ1) is 10.9. The molecule has 1 saturated heterocycles. The van der Waals surface area contributed by atoms with Crippen LogP contribution < -0.4 is 5.32 Å². The van der Waals surface area contributed by atoms with Gasteiger partial charge in [-0.05, 0) is 18.9 Å². The third kappa shape index (κ3) is 3.77. The van der Waals surface area contributed by atoms with Crippen LogP contribution in [0.1, 0.15) is 25.0 Å². The van der Waals surface area contributed by atoms with E-state index in [1.165, 1.54) is 0 Å². The van der Waals surface area contributed by atoms with E-state index < -0.39 is 12.2 Å². The third-order valence-corrected chi connectivity index (χ3v) is 4.13. The highest BCUT2D eigenvalue weighted by molar-refractivity contribution is 5.82. The van der Waals surface area contributed by atoms with E-state index in [0.717, 1.165) is 5.56 Å². The van der Waals surface area contributed by atoms with Gasteiger partial charge in [-0.15, -0.1) is 0 Å². The predicted molar refractivity (Wildman–Crippen MR) is 81.2 cm³/mol. The SMILES string of the molecule is CC1CN(C2=NCC(C(F)(F)F)N2)CCC(c2ccccc2)O1. The molecule has 4 nitrogen and oxygen atoms in total. The van der Waals surface area contributed by atoms with Crippen LogP contribution >= 0.6 is 0 Å². The highest BCUT2D eigenvalue weighted by Crippen LogP contribution is 2.27. The zero-order chi connectivity index (χ0) is 16.4. The monoisotopic (exact) mass is 327 g/mol. The molecule has 0 saturated carbocycles. The van der Waals surface area contributed by atoms with Gasteiger partial charge in [0.05, 0.1) is 18.8 Å². The van der Waals surface area contributed by atoms with Gasteiger partial charge in [0.15, 0.2) is 5.96 Å². The number of benzene rings is 1. The first kappa shape index (κ1) is 16.1. The summed E-state index contributed by atoms with van der Waals surface area (Å²) < 4.78 is 44.3. The molecule has 0 aromatic heterocycles. The van der Waals surface area contributed by atoms with Gasteiger partial charge in [-0.1, -0.05) is 30.3 Å². The molecule has 3 atom stereocenters. The second-order valence-electron chi connectivity index (χ2n) is 5.98. The van der Waals surface area contributed by atoms with E-state index in [1.54, 1.807) is 0 Å². The molecule has 126 valence electrons. The van der Waals surface area contributed by atoms with Gasteiger partial charge in [0.2, 0.25) is 0 Å². The Bertz CT molecular complexity index is 561. The number of halogens is 3. The maximum absolute atomic E-state index is 12.8. The molecule has 0 amide bonds. The fourth-order valence-electron chi connectivity index (χ4n) is 2.97. The number of guanidine groups is 1. The van der Waals surface area contributed by atoms with E-state index in [4.69, 9.17) is 4.74 Å². The smallest absolute Gasteiger partial charge is 0.369 e. The summed E-state index contributed by atoms with van der Waals surface area (Å²) in [6, 6.07) is 8.31. The van der Waals surface area contributed by atoms with E-state index in [9.17, 15) is 13.2 Å². The largest absolute Gasteiger partial charge is 0.410 e. The predicted octanol–water partition coefficient (Wildman–Crippen LogP) is 2.73. The molecule has 0 radical (unpaired) electrons. The number of alkyl halides is 3. The Hall–Kier alpha value is -1.76. The first-order valence-electron chi connectivity index (χ1n) is 7.76. The lowest BCUT2D eigenvalue weighted by atomic mass is 10.1. The van der Waals surface area contributed by atoms with E-state index in [0.29, 0.717) is 25.5 Å². The molecule has 1 aromatic rings. The summed E-state index contributed by atoms with van der Waals surface area (Å²) in [6.45, 7) is 2.82. The van der Waals surface area contributed by atoms with Crippen molar-refractivity contribution in [3.05, 3.63) is 35.9 Å². The third-order valence-electron chi connectivity index (χ3n) is 4.13. The van der Waals surface area contributed by atoms with Gasteiger partial charge >= 0.3 is 6.18 Å². The molecule has 7 heteroatoms. The average Bonchev–Trinajstić information content (AvgIpc) is 2.93. The summed E-state index contributed by atoms with van der Waals surface area (Å²) in [5, 5.41) is 2.50. The number of aliphatic imine (C=N–C) groups is 1. The Kier molecular flexibility index (Phi) is 4.48. The Morgan fingerprint density at radius 1 is 1.26 bits per heavy atom. The van der Waals surface area contributed by atoms with E-state index >= 15 is 0 Å². The number of nitrogens with zero attached hydrogens (tertiary/aromatic N) is 2. The number of hydrogen-bond acceptors (Lipinski definition) is 4. The summed E-state index contributed by atoms with van der Waals surface area (Å²) in [5.41, 5.74) is 1.09. The van der Waals surface area contributed by atoms with E-state index in [2.05, 4.69) is 10.3 Å². The molecule has 0 spiro atoms. The molecular formula is C16H20F3N3O. The second kappa shape index (κ2) is 6.39. The summed E-state index contributed by atoms with van der Waals surface area (Å²) in [5.74, 6) is 0.330. The Balaban J connectivity index is 1.65. The molecule has 1 fully saturated rings. The van der Waals surface area contributed by atoms with Crippen LogP contribution in [0.25, 0.3) is 0 Å². The lowest BCUT2D eigenvalue weighted by molar-refractivity contribution is -0.148. The number of rotatable bonds is 1. The number of hydrogen-bond donors (Lipinski definition) is 1. The van der Waals surface area contributed by atoms with Crippen LogP contribution in [0.5, 0.6) is 0 Å². The minimum absolute atomic E-state index is 0.0448. The van der Waals surface area contributed by atoms with Gasteiger partial charge in [0, 0.05) is 13.1 Å². The van der Waals surface area contributed by atoms with Crippen molar-refractivity contribution >= 4 is 5.96 Å². The normalized spacial score (nSPS) is 29.0. The standard InChI is InChI=1S/C16H20F3N3O/c1-11-10-22(15-20-9-14(21-15)16(17,18)19)8-7-13(23-11)12-5-3-2-4-6-12/h2-6,11,13-14H,7-10H2,1H3,(H,20,21). The van der Waals surface area contributed by atoms with Crippen molar-refractivity contribution in [3.8, 4) is 0 Å². The molecule has 0 aliphatic carbocycles. The van der Waals surface area contributed by atoms with Crippen molar-refractivity contribution in [1.82, 2.24) is 10.2 Å². The Morgan fingerprint density at radius 2 is 2.00 bits per heavy atom. The van der Waals surface area contributed by atoms with Crippen molar-refractivity contribution in [1.29, 1.82) is 0 Å². The lowest BCUT2D eigenvalue weighted by Gasteiger charge is -2.25. The molecule has 2 heterocycles. The summed E-state index contributed by atoms with van der Waals surface area (Å²) in [6.07, 6.45) is -3.69. The molecule has 1 aromatic carbocycles. The van der Waals surface area contributed by atoms with Gasteiger partial charge < -0.3 is 15.0 Å². The summed E-state index contributed by atoms with van der Waals surface area (Å²) >= 11 is 0. The summed E-state index contributed by atoms with van der Waals surface area (Å²) in [4.78, 5) is 5.90. The van der Waals surface area contributed by atoms with Gasteiger partial charge in [-0.25, -0.2) is 0 Å². The molecule has 3 rings (SSSR count). The van der Waals surface area contributed by atoms with Gasteiger partial charge in [-0.3, -0.25) is 4.99 Å². The molecule has 3 unspecified atom stereocenters. The fraction of sp³-hybridized carbons (Fsp3) is 0.562. The zero-order valence-corrected chi connectivity index (χ0v) is 12.9. The molecule has 2 aliphatic rings. The first-order valence-corrected chi connectivity index (χ1v) is 7.76. The highest BCUT2D eigenvalue weighted by atomic mass is 19.4. The average molecular weight is 327 g/mol. The van der Waals surface area contributed by atoms with E-state index in [1.807, 2.05) is 42.2 Å². The molecule has 2 aliphatic heterocycles. The van der Waals surface area contributed by atoms with E-state index in [-0.39, 0.29) is 18.8 Å². The lowest BCUT2D eigenvalue weighted by Crippen LogP contribution is -2.49. The number of ether oxygens (including phenoxy) is 1. The van der Waals surface area contributed by atoms with Crippen LogP contribution in [0.4, 0.5) is 13.2 Å². The van der Waals surface area contributed by atoms with Crippen LogP contribution in [0.3, 0.4) is 0 Å². The molecule has 23 heavy (non-hydrogen) atoms. The van der Waals surface area contributed by atoms with Crippen molar-refractivity contribution in [2.45, 2.75) is 37.8 Å². The van der Waals surface area contributed by atoms with Gasteiger partial charge in [0.1, 0.15) is 6.04 Å². The maximum atomic E-state index is 12.8. The van der Waals surface area contributed by atoms with Crippen molar-refractivity contribution in [3.63, 3.8) is 0 Å². The zero-order valence-electron chi connectivity index (χ0n) is 12.9. The molecular weight excluding hydrogens is 307 g/mol. The van der Waals surface area contributed by atoms with Crippen LogP contribution in [0, 0.1) is 0 Å². The van der Waals surface area contributed by atoms with Crippen LogP contribution in [-0.2, 0) is 4.74 Å². The highest BCUT2D eigenvalue weighted by Gasteiger charge is 2.43. The molecule has 0 bridgehead atoms. The minimum atomic E-state index is -4.27. The fourth-order valence-corrected chi connectivity index (χ4v) is 2.97. The Morgan fingerprint density at radius 3 is 2.65 bits per heavy atom. The Labute approximate surface area is 133 Å². The van der Waals surface area contributed by atoms with Gasteiger partial charge in [0.25, 0.3) is 0 Å². The van der Waals surface area contributed by atoms with Crippen molar-refractivity contribution < 1.29 is 17.9 Å². The van der Waals surface area contributed by atoms with Crippen molar-refractivity contribution in [2.75, 3.05) is 19.6 Å². The van der Waals surface area contributed by atoms with Crippen LogP contribution in [0.2, 0.25) is 0 Å². The van der Waals surface area contributed by atoms with Crippen molar-refractivity contribution in [2.24, 2.45) is 4.99 Å². The maximum Gasteiger partial charge on any atom is 0.410 e. The summed E-state index contributed by atoms with van der Waals surface area (Å²) in [7, 11) is 0. The van der Waals surface area contributed by atoms with Crippen LogP contribution in [0.15, 0.2) is 35.3 Å². The topological polar surface area (TPSA) is 36.9 Å².